The van der Waals surface area contributed by atoms with Crippen molar-refractivity contribution >= 4 is 104 Å². The van der Waals surface area contributed by atoms with Crippen LogP contribution in [0.2, 0.25) is 0 Å². The molecule has 0 aliphatic heterocycles. The molecular formula is C28H20N6O8S4. The number of aromatic amines is 2. The van der Waals surface area contributed by atoms with Gasteiger partial charge in [-0.05, 0) is 60.8 Å². The molecule has 18 heteroatoms. The van der Waals surface area contributed by atoms with Crippen LogP contribution in [0.5, 0.6) is 0 Å². The van der Waals surface area contributed by atoms with Gasteiger partial charge in [0.05, 0.1) is 47.2 Å². The number of amides is 2. The minimum Gasteiger partial charge on any atom is -0.465 e. The highest BCUT2D eigenvalue weighted by Gasteiger charge is 2.21. The van der Waals surface area contributed by atoms with Crippen LogP contribution in [0.25, 0.3) is 33.1 Å². The van der Waals surface area contributed by atoms with Crippen LogP contribution in [0.15, 0.2) is 46.0 Å². The molecule has 0 atom stereocenters. The summed E-state index contributed by atoms with van der Waals surface area (Å²) in [4.78, 5) is 81.6. The third-order valence-electron chi connectivity index (χ3n) is 7.00. The molecule has 4 aromatic heterocycles. The maximum atomic E-state index is 13.1. The molecular weight excluding hydrogens is 677 g/mol. The number of carbonyl (C=O) groups is 4. The molecule has 0 aliphatic carbocycles. The van der Waals surface area contributed by atoms with E-state index in [1.54, 1.807) is 0 Å². The monoisotopic (exact) mass is 696 g/mol. The van der Waals surface area contributed by atoms with E-state index in [-0.39, 0.29) is 63.9 Å². The van der Waals surface area contributed by atoms with E-state index in [9.17, 15) is 28.8 Å². The van der Waals surface area contributed by atoms with Crippen LogP contribution < -0.4 is 21.8 Å². The largest absolute Gasteiger partial charge is 0.465 e. The summed E-state index contributed by atoms with van der Waals surface area (Å²) >= 11 is 12.9. The Bertz CT molecular complexity index is 2360. The lowest BCUT2D eigenvalue weighted by atomic mass is 10.1. The third kappa shape index (κ3) is 5.19. The summed E-state index contributed by atoms with van der Waals surface area (Å²) in [6.45, 7) is 0.00956. The molecule has 0 aliphatic rings. The summed E-state index contributed by atoms with van der Waals surface area (Å²) in [6, 6.07) is 8.81. The Hall–Kier alpha value is -5.04. The first-order valence-corrected chi connectivity index (χ1v) is 15.6. The molecule has 234 valence electrons. The van der Waals surface area contributed by atoms with Gasteiger partial charge in [0.1, 0.15) is 21.0 Å². The first-order valence-electron chi connectivity index (χ1n) is 13.2. The number of esters is 2. The fourth-order valence-corrected chi connectivity index (χ4v) is 7.49. The second-order valence-electron chi connectivity index (χ2n) is 9.63. The van der Waals surface area contributed by atoms with Gasteiger partial charge in [0.2, 0.25) is 0 Å². The smallest absolute Gasteiger partial charge is 0.337 e. The van der Waals surface area contributed by atoms with Gasteiger partial charge in [-0.1, -0.05) is 22.7 Å². The summed E-state index contributed by atoms with van der Waals surface area (Å²) in [5.41, 5.74) is 0.447. The van der Waals surface area contributed by atoms with Crippen LogP contribution in [0, 0.1) is 7.91 Å². The zero-order chi connectivity index (χ0) is 32.9. The number of benzene rings is 2. The van der Waals surface area contributed by atoms with E-state index in [2.05, 4.69) is 20.6 Å². The van der Waals surface area contributed by atoms with E-state index in [1.807, 2.05) is 0 Å². The first kappa shape index (κ1) is 31.0. The van der Waals surface area contributed by atoms with E-state index >= 15 is 0 Å². The van der Waals surface area contributed by atoms with Crippen molar-refractivity contribution in [1.29, 1.82) is 0 Å². The molecule has 0 saturated heterocycles. The number of nitrogens with one attached hydrogen (secondary N) is 4. The highest BCUT2D eigenvalue weighted by Crippen LogP contribution is 2.25. The van der Waals surface area contributed by atoms with Gasteiger partial charge < -0.3 is 30.1 Å². The van der Waals surface area contributed by atoms with Crippen molar-refractivity contribution in [2.24, 2.45) is 0 Å². The number of H-pyrrole nitrogens is 2. The number of rotatable bonds is 7. The van der Waals surface area contributed by atoms with E-state index in [4.69, 9.17) is 33.9 Å². The SMILES string of the molecule is COC(=O)c1ccc2c(=O)[nH]c3c(C(=O)NCCNC(=O)c4sc(=S)n5c4[nH]c(=O)c4ccc(C(=O)OC)cc45)sc(=S)n3c2c1. The van der Waals surface area contributed by atoms with Crippen molar-refractivity contribution < 1.29 is 28.7 Å². The Labute approximate surface area is 274 Å². The van der Waals surface area contributed by atoms with Gasteiger partial charge in [0.15, 0.2) is 7.91 Å². The number of hydrogen-bond acceptors (Lipinski definition) is 12. The second kappa shape index (κ2) is 12.0. The maximum absolute atomic E-state index is 13.1. The molecule has 0 fully saturated rings. The van der Waals surface area contributed by atoms with Crippen molar-refractivity contribution in [2.75, 3.05) is 27.3 Å². The topological polar surface area (TPSA) is 185 Å². The van der Waals surface area contributed by atoms with E-state index in [0.717, 1.165) is 22.7 Å². The van der Waals surface area contributed by atoms with Gasteiger partial charge in [-0.3, -0.25) is 28.0 Å². The van der Waals surface area contributed by atoms with Crippen molar-refractivity contribution in [3.63, 3.8) is 0 Å². The van der Waals surface area contributed by atoms with Gasteiger partial charge >= 0.3 is 11.9 Å². The summed E-state index contributed by atoms with van der Waals surface area (Å²) in [6.07, 6.45) is 0. The van der Waals surface area contributed by atoms with Crippen LogP contribution in [0.1, 0.15) is 40.1 Å². The molecule has 2 aromatic carbocycles. The number of thiazole rings is 2. The molecule has 0 spiro atoms. The molecule has 0 unspecified atom stereocenters. The number of aromatic nitrogens is 4. The Kier molecular flexibility index (Phi) is 8.11. The first-order chi connectivity index (χ1) is 22.0. The van der Waals surface area contributed by atoms with Crippen LogP contribution in [-0.2, 0) is 9.47 Å². The molecule has 6 aromatic rings. The number of fused-ring (bicyclic) bond motifs is 6. The predicted octanol–water partition coefficient (Wildman–Crippen LogP) is 3.19. The quantitative estimate of drug-likeness (QED) is 0.110. The molecule has 4 N–H and O–H groups in total. The molecule has 0 radical (unpaired) electrons. The third-order valence-corrected chi connectivity index (χ3v) is 9.75. The fourth-order valence-electron chi connectivity index (χ4n) is 4.89. The summed E-state index contributed by atoms with van der Waals surface area (Å²) in [5.74, 6) is -2.28. The summed E-state index contributed by atoms with van der Waals surface area (Å²) in [7, 11) is 2.48. The van der Waals surface area contributed by atoms with Gasteiger partial charge in [0, 0.05) is 13.1 Å². The molecule has 46 heavy (non-hydrogen) atoms. The lowest BCUT2D eigenvalue weighted by Crippen LogP contribution is -2.34. The number of hydrogen-bond donors (Lipinski definition) is 4. The number of carbonyl (C=O) groups excluding carboxylic acids is 4. The normalized spacial score (nSPS) is 11.3. The average Bonchev–Trinajstić information content (AvgIpc) is 3.57. The minimum atomic E-state index is -0.595. The number of methoxy groups -OCH3 is 2. The summed E-state index contributed by atoms with van der Waals surface area (Å²) < 4.78 is 13.1. The lowest BCUT2D eigenvalue weighted by Gasteiger charge is -2.08. The Morgan fingerprint density at radius 3 is 1.48 bits per heavy atom. The molecule has 0 bridgehead atoms. The number of ether oxygens (including phenoxy) is 2. The standard InChI is InChI=1S/C28H20N6O8S4/c1-41-25(39)11-3-5-13-15(9-11)33-19(31-21(13)35)17(45-27(33)43)23(37)29-7-8-30-24(38)18-20-32-22(36)14-6-4-12(26(40)42-2)10-16(14)34(20)28(44)46-18/h3-6,9-10H,7-8H2,1-2H3,(H,29,37)(H,30,38)(H,31,35)(H,32,36). The van der Waals surface area contributed by atoms with Gasteiger partial charge in [-0.25, -0.2) is 9.59 Å². The zero-order valence-electron chi connectivity index (χ0n) is 23.7. The highest BCUT2D eigenvalue weighted by molar-refractivity contribution is 7.73. The van der Waals surface area contributed by atoms with Crippen LogP contribution in [-0.4, -0.2) is 69.8 Å². The second-order valence-corrected chi connectivity index (χ2v) is 12.9. The average molecular weight is 697 g/mol. The lowest BCUT2D eigenvalue weighted by molar-refractivity contribution is 0.0592. The van der Waals surface area contributed by atoms with Gasteiger partial charge in [0.25, 0.3) is 22.9 Å². The zero-order valence-corrected chi connectivity index (χ0v) is 26.9. The number of nitrogens with zero attached hydrogens (tertiary/aromatic N) is 2. The molecule has 14 nitrogen and oxygen atoms in total. The van der Waals surface area contributed by atoms with Gasteiger partial charge in [-0.15, -0.1) is 0 Å². The minimum absolute atomic E-state index is 0.00478. The predicted molar refractivity (Wildman–Crippen MR) is 176 cm³/mol. The van der Waals surface area contributed by atoms with Gasteiger partial charge in [-0.2, -0.15) is 0 Å². The Morgan fingerprint density at radius 1 is 0.717 bits per heavy atom. The Balaban J connectivity index is 1.22. The molecule has 0 saturated carbocycles. The van der Waals surface area contributed by atoms with Crippen molar-refractivity contribution in [1.82, 2.24) is 29.4 Å². The van der Waals surface area contributed by atoms with Crippen molar-refractivity contribution in [3.8, 4) is 0 Å². The van der Waals surface area contributed by atoms with Crippen molar-refractivity contribution in [3.05, 3.63) is 85.9 Å². The van der Waals surface area contributed by atoms with E-state index in [1.165, 1.54) is 59.4 Å². The molecule has 4 heterocycles. The van der Waals surface area contributed by atoms with Crippen LogP contribution in [0.3, 0.4) is 0 Å². The van der Waals surface area contributed by atoms with Crippen LogP contribution in [0.4, 0.5) is 0 Å². The van der Waals surface area contributed by atoms with E-state index in [0.29, 0.717) is 11.0 Å². The highest BCUT2D eigenvalue weighted by atomic mass is 32.2. The van der Waals surface area contributed by atoms with Crippen LogP contribution >= 0.6 is 47.1 Å². The molecule has 2 amide bonds. The summed E-state index contributed by atoms with van der Waals surface area (Å²) in [5, 5.41) is 5.92. The van der Waals surface area contributed by atoms with E-state index < -0.39 is 34.9 Å². The Morgan fingerprint density at radius 2 is 1.11 bits per heavy atom. The molecule has 6 rings (SSSR count). The fraction of sp³-hybridized carbons (Fsp3) is 0.143. The maximum Gasteiger partial charge on any atom is 0.337 e. The van der Waals surface area contributed by atoms with Crippen molar-refractivity contribution in [2.45, 2.75) is 0 Å².